The lowest BCUT2D eigenvalue weighted by atomic mass is 10.1. The lowest BCUT2D eigenvalue weighted by Gasteiger charge is -2.10. The molecule has 1 amide bonds. The maximum atomic E-state index is 12.6. The molecule has 1 N–H and O–H groups in total. The van der Waals surface area contributed by atoms with Crippen molar-refractivity contribution in [1.29, 1.82) is 0 Å². The lowest BCUT2D eigenvalue weighted by molar-refractivity contribution is 0.102. The largest absolute Gasteiger partial charge is 0.322 e. The second-order valence-electron chi connectivity index (χ2n) is 5.56. The fourth-order valence-electron chi connectivity index (χ4n) is 2.99. The van der Waals surface area contributed by atoms with Gasteiger partial charge in [-0.3, -0.25) is 4.79 Å². The molecule has 0 aliphatic heterocycles. The van der Waals surface area contributed by atoms with Gasteiger partial charge in [0.05, 0.1) is 11.3 Å². The van der Waals surface area contributed by atoms with Crippen molar-refractivity contribution in [3.63, 3.8) is 0 Å². The Morgan fingerprint density at radius 1 is 1.09 bits per heavy atom. The van der Waals surface area contributed by atoms with Gasteiger partial charge in [-0.1, -0.05) is 18.2 Å². The highest BCUT2D eigenvalue weighted by atomic mass is 16.1. The molecule has 23 heavy (non-hydrogen) atoms. The number of fused-ring (bicyclic) bond motifs is 1. The molecule has 0 atom stereocenters. The highest BCUT2D eigenvalue weighted by molar-refractivity contribution is 6.06. The molecule has 1 aliphatic carbocycles. The third-order valence-corrected chi connectivity index (χ3v) is 4.10. The summed E-state index contributed by atoms with van der Waals surface area (Å²) in [6, 6.07) is 13.4. The summed E-state index contributed by atoms with van der Waals surface area (Å²) >= 11 is 0. The molecule has 0 radical (unpaired) electrons. The smallest absolute Gasteiger partial charge is 0.257 e. The minimum atomic E-state index is -0.172. The van der Waals surface area contributed by atoms with Crippen LogP contribution < -0.4 is 5.32 Å². The first-order valence-corrected chi connectivity index (χ1v) is 7.57. The number of tetrazole rings is 1. The van der Waals surface area contributed by atoms with Crippen molar-refractivity contribution < 1.29 is 4.79 Å². The van der Waals surface area contributed by atoms with Crippen LogP contribution in [0.5, 0.6) is 0 Å². The first kappa shape index (κ1) is 13.6. The monoisotopic (exact) mass is 305 g/mol. The van der Waals surface area contributed by atoms with E-state index in [1.807, 2.05) is 24.3 Å². The Morgan fingerprint density at radius 2 is 1.96 bits per heavy atom. The third kappa shape index (κ3) is 2.59. The standard InChI is InChI=1S/C17H15N5O/c23-17(19-14-9-8-12-4-3-5-13(12)10-14)15-6-1-2-7-16(15)22-11-18-20-21-22/h1-2,6-11H,3-5H2,(H,19,23). The van der Waals surface area contributed by atoms with E-state index in [-0.39, 0.29) is 5.91 Å². The summed E-state index contributed by atoms with van der Waals surface area (Å²) < 4.78 is 1.48. The lowest BCUT2D eigenvalue weighted by Crippen LogP contribution is -2.15. The summed E-state index contributed by atoms with van der Waals surface area (Å²) in [5.74, 6) is -0.172. The summed E-state index contributed by atoms with van der Waals surface area (Å²) in [7, 11) is 0. The van der Waals surface area contributed by atoms with Gasteiger partial charge in [0, 0.05) is 5.69 Å². The topological polar surface area (TPSA) is 72.7 Å². The van der Waals surface area contributed by atoms with Gasteiger partial charge in [-0.25, -0.2) is 0 Å². The van der Waals surface area contributed by atoms with Gasteiger partial charge in [0.1, 0.15) is 6.33 Å². The van der Waals surface area contributed by atoms with Gasteiger partial charge in [0.2, 0.25) is 0 Å². The molecule has 1 heterocycles. The minimum Gasteiger partial charge on any atom is -0.322 e. The second kappa shape index (κ2) is 5.64. The molecule has 0 fully saturated rings. The van der Waals surface area contributed by atoms with Gasteiger partial charge < -0.3 is 5.32 Å². The fraction of sp³-hybridized carbons (Fsp3) is 0.176. The van der Waals surface area contributed by atoms with Crippen LogP contribution in [0.3, 0.4) is 0 Å². The van der Waals surface area contributed by atoms with Crippen LogP contribution in [0.2, 0.25) is 0 Å². The molecule has 6 nitrogen and oxygen atoms in total. The predicted molar refractivity (Wildman–Crippen MR) is 85.6 cm³/mol. The Hall–Kier alpha value is -3.02. The van der Waals surface area contributed by atoms with Crippen LogP contribution in [-0.4, -0.2) is 26.1 Å². The molecule has 1 aliphatic rings. The van der Waals surface area contributed by atoms with Gasteiger partial charge >= 0.3 is 0 Å². The Kier molecular flexibility index (Phi) is 3.34. The Bertz CT molecular complexity index is 857. The first-order chi connectivity index (χ1) is 11.3. The number of rotatable bonds is 3. The molecule has 2 aromatic carbocycles. The fourth-order valence-corrected chi connectivity index (χ4v) is 2.99. The molecule has 0 unspecified atom stereocenters. The van der Waals surface area contributed by atoms with E-state index in [0.29, 0.717) is 11.3 Å². The zero-order valence-corrected chi connectivity index (χ0v) is 12.4. The van der Waals surface area contributed by atoms with Crippen LogP contribution >= 0.6 is 0 Å². The molecule has 4 rings (SSSR count). The molecule has 3 aromatic rings. The summed E-state index contributed by atoms with van der Waals surface area (Å²) in [6.45, 7) is 0. The highest BCUT2D eigenvalue weighted by Gasteiger charge is 2.15. The van der Waals surface area contributed by atoms with Gasteiger partial charge in [0.25, 0.3) is 5.91 Å². The maximum Gasteiger partial charge on any atom is 0.257 e. The molecular weight excluding hydrogens is 290 g/mol. The number of anilines is 1. The number of carbonyl (C=O) groups excluding carboxylic acids is 1. The van der Waals surface area contributed by atoms with Gasteiger partial charge in [-0.2, -0.15) is 4.68 Å². The van der Waals surface area contributed by atoms with Crippen molar-refractivity contribution in [3.8, 4) is 5.69 Å². The summed E-state index contributed by atoms with van der Waals surface area (Å²) in [5, 5.41) is 14.1. The number of amides is 1. The van der Waals surface area contributed by atoms with Crippen molar-refractivity contribution in [3.05, 3.63) is 65.5 Å². The van der Waals surface area contributed by atoms with E-state index in [2.05, 4.69) is 33.0 Å². The zero-order chi connectivity index (χ0) is 15.6. The number of hydrogen-bond donors (Lipinski definition) is 1. The quantitative estimate of drug-likeness (QED) is 0.806. The summed E-state index contributed by atoms with van der Waals surface area (Å²) in [6.07, 6.45) is 4.88. The number of hydrogen-bond acceptors (Lipinski definition) is 4. The van der Waals surface area contributed by atoms with Crippen LogP contribution in [0.4, 0.5) is 5.69 Å². The maximum absolute atomic E-state index is 12.6. The Balaban J connectivity index is 1.63. The molecule has 1 aromatic heterocycles. The number of carbonyl (C=O) groups is 1. The van der Waals surface area contributed by atoms with E-state index >= 15 is 0 Å². The summed E-state index contributed by atoms with van der Waals surface area (Å²) in [5.41, 5.74) is 4.72. The van der Waals surface area contributed by atoms with E-state index in [1.54, 1.807) is 6.07 Å². The molecule has 6 heteroatoms. The third-order valence-electron chi connectivity index (χ3n) is 4.10. The van der Waals surface area contributed by atoms with E-state index in [1.165, 1.54) is 28.6 Å². The normalized spacial score (nSPS) is 12.9. The number of benzene rings is 2. The molecule has 0 saturated carbocycles. The Morgan fingerprint density at radius 3 is 2.83 bits per heavy atom. The number of nitrogens with one attached hydrogen (secondary N) is 1. The average molecular weight is 305 g/mol. The Labute approximate surface area is 133 Å². The summed E-state index contributed by atoms with van der Waals surface area (Å²) in [4.78, 5) is 12.6. The van der Waals surface area contributed by atoms with Crippen LogP contribution in [-0.2, 0) is 12.8 Å². The van der Waals surface area contributed by atoms with Gasteiger partial charge in [-0.15, -0.1) is 5.10 Å². The van der Waals surface area contributed by atoms with Crippen molar-refractivity contribution in [2.75, 3.05) is 5.32 Å². The van der Waals surface area contributed by atoms with E-state index in [0.717, 1.165) is 18.5 Å². The minimum absolute atomic E-state index is 0.172. The van der Waals surface area contributed by atoms with E-state index in [9.17, 15) is 4.79 Å². The molecule has 114 valence electrons. The van der Waals surface area contributed by atoms with Crippen molar-refractivity contribution in [2.24, 2.45) is 0 Å². The zero-order valence-electron chi connectivity index (χ0n) is 12.4. The van der Waals surface area contributed by atoms with Gasteiger partial charge in [-0.05, 0) is 65.1 Å². The van der Waals surface area contributed by atoms with Crippen molar-refractivity contribution in [2.45, 2.75) is 19.3 Å². The number of aromatic nitrogens is 4. The highest BCUT2D eigenvalue weighted by Crippen LogP contribution is 2.25. The molecule has 0 saturated heterocycles. The van der Waals surface area contributed by atoms with E-state index < -0.39 is 0 Å². The second-order valence-corrected chi connectivity index (χ2v) is 5.56. The first-order valence-electron chi connectivity index (χ1n) is 7.57. The molecule has 0 bridgehead atoms. The SMILES string of the molecule is O=C(Nc1ccc2c(c1)CCC2)c1ccccc1-n1cnnn1. The predicted octanol–water partition coefficient (Wildman–Crippen LogP) is 2.40. The van der Waals surface area contributed by atoms with E-state index in [4.69, 9.17) is 0 Å². The van der Waals surface area contributed by atoms with Crippen LogP contribution in [0.1, 0.15) is 27.9 Å². The van der Waals surface area contributed by atoms with Crippen molar-refractivity contribution in [1.82, 2.24) is 20.2 Å². The van der Waals surface area contributed by atoms with Crippen molar-refractivity contribution >= 4 is 11.6 Å². The van der Waals surface area contributed by atoms with Crippen LogP contribution in [0, 0.1) is 0 Å². The molecule has 0 spiro atoms. The molecular formula is C17H15N5O. The average Bonchev–Trinajstić information content (AvgIpc) is 3.26. The van der Waals surface area contributed by atoms with Gasteiger partial charge in [0.15, 0.2) is 0 Å². The van der Waals surface area contributed by atoms with Crippen LogP contribution in [0.25, 0.3) is 5.69 Å². The van der Waals surface area contributed by atoms with Crippen LogP contribution in [0.15, 0.2) is 48.8 Å². The number of para-hydroxylation sites is 1. The number of aryl methyl sites for hydroxylation is 2. The number of nitrogens with zero attached hydrogens (tertiary/aromatic N) is 4.